The predicted octanol–water partition coefficient (Wildman–Crippen LogP) is 2.89. The molecule has 0 aliphatic heterocycles. The Bertz CT molecular complexity index is 718. The van der Waals surface area contributed by atoms with Crippen molar-refractivity contribution < 1.29 is 18.7 Å². The molecule has 0 saturated carbocycles. The van der Waals surface area contributed by atoms with E-state index in [0.29, 0.717) is 17.8 Å². The van der Waals surface area contributed by atoms with E-state index in [1.807, 2.05) is 6.07 Å². The summed E-state index contributed by atoms with van der Waals surface area (Å²) in [4.78, 5) is 25.5. The Kier molecular flexibility index (Phi) is 5.25. The SMILES string of the molecule is O=C(COC(=O)c1cc2c(s1)CCC2)NCCc1ccc(F)cc1. The zero-order valence-electron chi connectivity index (χ0n) is 13.1. The van der Waals surface area contributed by atoms with Gasteiger partial charge in [0.1, 0.15) is 10.7 Å². The first kappa shape index (κ1) is 16.6. The number of halogens is 1. The summed E-state index contributed by atoms with van der Waals surface area (Å²) in [6, 6.07) is 8.01. The molecule has 24 heavy (non-hydrogen) atoms. The van der Waals surface area contributed by atoms with E-state index >= 15 is 0 Å². The Labute approximate surface area is 143 Å². The Morgan fingerprint density at radius 3 is 2.75 bits per heavy atom. The highest BCUT2D eigenvalue weighted by Crippen LogP contribution is 2.30. The van der Waals surface area contributed by atoms with Gasteiger partial charge in [-0.05, 0) is 55.0 Å². The number of amides is 1. The van der Waals surface area contributed by atoms with Crippen LogP contribution in [0.25, 0.3) is 0 Å². The number of hydrogen-bond acceptors (Lipinski definition) is 4. The van der Waals surface area contributed by atoms with Crippen LogP contribution in [0.4, 0.5) is 4.39 Å². The van der Waals surface area contributed by atoms with Gasteiger partial charge in [-0.1, -0.05) is 12.1 Å². The maximum absolute atomic E-state index is 12.8. The third kappa shape index (κ3) is 4.20. The van der Waals surface area contributed by atoms with Gasteiger partial charge in [-0.2, -0.15) is 0 Å². The molecule has 1 aliphatic rings. The number of carbonyl (C=O) groups excluding carboxylic acids is 2. The molecule has 0 bridgehead atoms. The standard InChI is InChI=1S/C18H18FNO3S/c19-14-6-4-12(5-7-14)8-9-20-17(21)11-23-18(22)16-10-13-2-1-3-15(13)24-16/h4-7,10H,1-3,8-9,11H2,(H,20,21). The summed E-state index contributed by atoms with van der Waals surface area (Å²) in [5.41, 5.74) is 2.16. The molecule has 1 amide bonds. The summed E-state index contributed by atoms with van der Waals surface area (Å²) in [5.74, 6) is -1.06. The van der Waals surface area contributed by atoms with Gasteiger partial charge in [-0.15, -0.1) is 11.3 Å². The minimum Gasteiger partial charge on any atom is -0.451 e. The van der Waals surface area contributed by atoms with Crippen LogP contribution in [-0.2, 0) is 28.8 Å². The minimum atomic E-state index is -0.442. The lowest BCUT2D eigenvalue weighted by atomic mass is 10.1. The Morgan fingerprint density at radius 2 is 2.00 bits per heavy atom. The number of fused-ring (bicyclic) bond motifs is 1. The van der Waals surface area contributed by atoms with Gasteiger partial charge in [0.15, 0.2) is 6.61 Å². The van der Waals surface area contributed by atoms with Crippen LogP contribution < -0.4 is 5.32 Å². The predicted molar refractivity (Wildman–Crippen MR) is 89.7 cm³/mol. The maximum Gasteiger partial charge on any atom is 0.348 e. The molecule has 4 nitrogen and oxygen atoms in total. The van der Waals surface area contributed by atoms with Crippen LogP contribution in [-0.4, -0.2) is 25.0 Å². The molecule has 0 spiro atoms. The zero-order chi connectivity index (χ0) is 16.9. The Balaban J connectivity index is 1.38. The highest BCUT2D eigenvalue weighted by molar-refractivity contribution is 7.14. The Morgan fingerprint density at radius 1 is 1.21 bits per heavy atom. The molecule has 0 radical (unpaired) electrons. The average molecular weight is 347 g/mol. The fourth-order valence-corrected chi connectivity index (χ4v) is 3.83. The second kappa shape index (κ2) is 7.57. The molecule has 2 aromatic rings. The molecule has 1 aromatic heterocycles. The van der Waals surface area contributed by atoms with Crippen molar-refractivity contribution in [2.24, 2.45) is 0 Å². The molecule has 1 aromatic carbocycles. The number of hydrogen-bond donors (Lipinski definition) is 1. The van der Waals surface area contributed by atoms with E-state index in [9.17, 15) is 14.0 Å². The van der Waals surface area contributed by atoms with Crippen LogP contribution >= 0.6 is 11.3 Å². The molecule has 1 heterocycles. The molecule has 0 atom stereocenters. The van der Waals surface area contributed by atoms with Gasteiger partial charge in [0.2, 0.25) is 0 Å². The molecule has 0 fully saturated rings. The van der Waals surface area contributed by atoms with Crippen molar-refractivity contribution in [2.75, 3.05) is 13.2 Å². The van der Waals surface area contributed by atoms with Crippen molar-refractivity contribution in [3.63, 3.8) is 0 Å². The normalized spacial score (nSPS) is 12.7. The monoisotopic (exact) mass is 347 g/mol. The number of ether oxygens (including phenoxy) is 1. The number of benzene rings is 1. The number of rotatable bonds is 6. The summed E-state index contributed by atoms with van der Waals surface area (Å²) in [7, 11) is 0. The van der Waals surface area contributed by atoms with E-state index < -0.39 is 5.97 Å². The van der Waals surface area contributed by atoms with Crippen molar-refractivity contribution in [2.45, 2.75) is 25.7 Å². The van der Waals surface area contributed by atoms with E-state index in [1.54, 1.807) is 12.1 Å². The number of nitrogens with one attached hydrogen (secondary N) is 1. The Hall–Kier alpha value is -2.21. The largest absolute Gasteiger partial charge is 0.451 e. The van der Waals surface area contributed by atoms with E-state index in [0.717, 1.165) is 24.8 Å². The summed E-state index contributed by atoms with van der Waals surface area (Å²) in [5, 5.41) is 2.69. The summed E-state index contributed by atoms with van der Waals surface area (Å²) in [6.07, 6.45) is 3.78. The number of thiophene rings is 1. The number of esters is 1. The van der Waals surface area contributed by atoms with Crippen LogP contribution in [0.2, 0.25) is 0 Å². The summed E-state index contributed by atoms with van der Waals surface area (Å²) >= 11 is 1.46. The lowest BCUT2D eigenvalue weighted by molar-refractivity contribution is -0.124. The summed E-state index contributed by atoms with van der Waals surface area (Å²) < 4.78 is 17.8. The first-order valence-corrected chi connectivity index (χ1v) is 8.73. The van der Waals surface area contributed by atoms with Crippen molar-refractivity contribution >= 4 is 23.2 Å². The van der Waals surface area contributed by atoms with Gasteiger partial charge in [0.25, 0.3) is 5.91 Å². The van der Waals surface area contributed by atoms with Crippen molar-refractivity contribution in [3.8, 4) is 0 Å². The molecule has 3 rings (SSSR count). The fraction of sp³-hybridized carbons (Fsp3) is 0.333. The lowest BCUT2D eigenvalue weighted by Gasteiger charge is -2.06. The lowest BCUT2D eigenvalue weighted by Crippen LogP contribution is -2.30. The first-order chi connectivity index (χ1) is 11.6. The second-order valence-electron chi connectivity index (χ2n) is 5.72. The topological polar surface area (TPSA) is 55.4 Å². The van der Waals surface area contributed by atoms with Crippen molar-refractivity contribution in [1.82, 2.24) is 5.32 Å². The van der Waals surface area contributed by atoms with Crippen LogP contribution in [0.15, 0.2) is 30.3 Å². The molecule has 1 N–H and O–H groups in total. The second-order valence-corrected chi connectivity index (χ2v) is 6.85. The molecule has 0 saturated heterocycles. The molecule has 0 unspecified atom stereocenters. The zero-order valence-corrected chi connectivity index (χ0v) is 14.0. The van der Waals surface area contributed by atoms with Crippen LogP contribution in [0.5, 0.6) is 0 Å². The van der Waals surface area contributed by atoms with E-state index in [4.69, 9.17) is 4.74 Å². The van der Waals surface area contributed by atoms with E-state index in [1.165, 1.54) is 33.9 Å². The van der Waals surface area contributed by atoms with Gasteiger partial charge in [-0.25, -0.2) is 9.18 Å². The molecular weight excluding hydrogens is 329 g/mol. The highest BCUT2D eigenvalue weighted by atomic mass is 32.1. The van der Waals surface area contributed by atoms with Gasteiger partial charge in [0, 0.05) is 11.4 Å². The van der Waals surface area contributed by atoms with Crippen LogP contribution in [0.3, 0.4) is 0 Å². The molecular formula is C18H18FNO3S. The summed E-state index contributed by atoms with van der Waals surface area (Å²) in [6.45, 7) is 0.125. The fourth-order valence-electron chi connectivity index (χ4n) is 2.68. The van der Waals surface area contributed by atoms with Gasteiger partial charge < -0.3 is 10.1 Å². The molecule has 126 valence electrons. The van der Waals surface area contributed by atoms with Gasteiger partial charge >= 0.3 is 5.97 Å². The van der Waals surface area contributed by atoms with Gasteiger partial charge in [0.05, 0.1) is 0 Å². The third-order valence-corrected chi connectivity index (χ3v) is 5.15. The van der Waals surface area contributed by atoms with Crippen LogP contribution in [0.1, 0.15) is 32.1 Å². The third-order valence-electron chi connectivity index (χ3n) is 3.93. The minimum absolute atomic E-state index is 0.283. The van der Waals surface area contributed by atoms with E-state index in [-0.39, 0.29) is 18.3 Å². The van der Waals surface area contributed by atoms with Crippen molar-refractivity contribution in [1.29, 1.82) is 0 Å². The smallest absolute Gasteiger partial charge is 0.348 e. The quantitative estimate of drug-likeness (QED) is 0.818. The van der Waals surface area contributed by atoms with Crippen LogP contribution in [0, 0.1) is 5.82 Å². The maximum atomic E-state index is 12.8. The van der Waals surface area contributed by atoms with Crippen molar-refractivity contribution in [3.05, 3.63) is 57.0 Å². The highest BCUT2D eigenvalue weighted by Gasteiger charge is 2.19. The molecule has 6 heteroatoms. The van der Waals surface area contributed by atoms with Gasteiger partial charge in [-0.3, -0.25) is 4.79 Å². The number of aryl methyl sites for hydroxylation is 2. The average Bonchev–Trinajstić information content (AvgIpc) is 3.16. The van der Waals surface area contributed by atoms with E-state index in [2.05, 4.69) is 5.32 Å². The number of carbonyl (C=O) groups is 2. The molecule has 1 aliphatic carbocycles. The first-order valence-electron chi connectivity index (χ1n) is 7.91.